The van der Waals surface area contributed by atoms with E-state index in [2.05, 4.69) is 15.6 Å². The Bertz CT molecular complexity index is 773. The highest BCUT2D eigenvalue weighted by atomic mass is 16.5. The van der Waals surface area contributed by atoms with Crippen molar-refractivity contribution in [2.45, 2.75) is 20.0 Å². The molecule has 144 valence electrons. The Kier molecular flexibility index (Phi) is 7.31. The number of aromatic nitrogens is 1. The summed E-state index contributed by atoms with van der Waals surface area (Å²) in [7, 11) is 3.85. The first kappa shape index (κ1) is 20.4. The van der Waals surface area contributed by atoms with Crippen molar-refractivity contribution in [1.29, 1.82) is 0 Å². The molecule has 0 aliphatic carbocycles. The molecular formula is C20H26N4O3. The first-order valence-electron chi connectivity index (χ1n) is 8.83. The molecule has 27 heavy (non-hydrogen) atoms. The molecule has 0 spiro atoms. The van der Waals surface area contributed by atoms with E-state index in [9.17, 15) is 9.59 Å². The molecule has 0 aliphatic heterocycles. The Labute approximate surface area is 159 Å². The molecule has 1 heterocycles. The van der Waals surface area contributed by atoms with Crippen molar-refractivity contribution in [3.8, 4) is 5.75 Å². The van der Waals surface area contributed by atoms with Crippen LogP contribution in [0.25, 0.3) is 0 Å². The number of hydrogen-bond acceptors (Lipinski definition) is 5. The molecule has 7 heteroatoms. The second kappa shape index (κ2) is 9.68. The summed E-state index contributed by atoms with van der Waals surface area (Å²) in [5, 5.41) is 5.55. The summed E-state index contributed by atoms with van der Waals surface area (Å²) in [4.78, 5) is 30.7. The van der Waals surface area contributed by atoms with Gasteiger partial charge in [-0.2, -0.15) is 0 Å². The number of anilines is 1. The lowest BCUT2D eigenvalue weighted by Gasteiger charge is -2.11. The van der Waals surface area contributed by atoms with Crippen molar-refractivity contribution in [2.24, 2.45) is 0 Å². The number of amides is 2. The average molecular weight is 370 g/mol. The van der Waals surface area contributed by atoms with Gasteiger partial charge in [0.15, 0.2) is 0 Å². The molecule has 0 bridgehead atoms. The van der Waals surface area contributed by atoms with Gasteiger partial charge in [-0.15, -0.1) is 0 Å². The molecule has 2 aromatic rings. The van der Waals surface area contributed by atoms with Gasteiger partial charge in [0.1, 0.15) is 17.1 Å². The highest BCUT2D eigenvalue weighted by Crippen LogP contribution is 2.17. The molecule has 2 amide bonds. The van der Waals surface area contributed by atoms with Crippen LogP contribution in [0.3, 0.4) is 0 Å². The quantitative estimate of drug-likeness (QED) is 0.746. The van der Waals surface area contributed by atoms with Crippen molar-refractivity contribution < 1.29 is 14.3 Å². The van der Waals surface area contributed by atoms with Crippen molar-refractivity contribution >= 4 is 17.5 Å². The van der Waals surface area contributed by atoms with Gasteiger partial charge in [-0.25, -0.2) is 4.98 Å². The second-order valence-corrected chi connectivity index (χ2v) is 6.61. The molecular weight excluding hydrogens is 344 g/mol. The Balaban J connectivity index is 1.99. The van der Waals surface area contributed by atoms with Crippen LogP contribution in [0.2, 0.25) is 0 Å². The van der Waals surface area contributed by atoms with Gasteiger partial charge in [-0.1, -0.05) is 6.07 Å². The normalized spacial score (nSPS) is 10.7. The van der Waals surface area contributed by atoms with Gasteiger partial charge in [0.05, 0.1) is 6.10 Å². The van der Waals surface area contributed by atoms with Crippen molar-refractivity contribution in [3.63, 3.8) is 0 Å². The number of carbonyl (C=O) groups is 2. The lowest BCUT2D eigenvalue weighted by molar-refractivity contribution is 0.0946. The monoisotopic (exact) mass is 370 g/mol. The van der Waals surface area contributed by atoms with E-state index in [-0.39, 0.29) is 29.3 Å². The highest BCUT2D eigenvalue weighted by molar-refractivity contribution is 6.03. The number of ether oxygens (including phenoxy) is 1. The van der Waals surface area contributed by atoms with Crippen LogP contribution < -0.4 is 15.4 Å². The number of nitrogens with one attached hydrogen (secondary N) is 2. The largest absolute Gasteiger partial charge is 0.491 e. The molecule has 1 aromatic carbocycles. The van der Waals surface area contributed by atoms with Crippen LogP contribution in [0.4, 0.5) is 5.69 Å². The molecule has 0 fully saturated rings. The minimum Gasteiger partial charge on any atom is -0.491 e. The first-order chi connectivity index (χ1) is 12.8. The van der Waals surface area contributed by atoms with E-state index in [4.69, 9.17) is 4.74 Å². The summed E-state index contributed by atoms with van der Waals surface area (Å²) < 4.78 is 5.58. The van der Waals surface area contributed by atoms with Gasteiger partial charge < -0.3 is 20.3 Å². The Hall–Kier alpha value is -2.93. The first-order valence-corrected chi connectivity index (χ1v) is 8.83. The number of rotatable bonds is 8. The maximum Gasteiger partial charge on any atom is 0.274 e. The fourth-order valence-electron chi connectivity index (χ4n) is 2.26. The summed E-state index contributed by atoms with van der Waals surface area (Å²) in [5.41, 5.74) is 1.01. The van der Waals surface area contributed by atoms with Crippen LogP contribution in [0, 0.1) is 0 Å². The average Bonchev–Trinajstić information content (AvgIpc) is 2.62. The molecule has 0 unspecified atom stereocenters. The molecule has 7 nitrogen and oxygen atoms in total. The van der Waals surface area contributed by atoms with Crippen LogP contribution in [0.1, 0.15) is 34.8 Å². The van der Waals surface area contributed by atoms with Gasteiger partial charge >= 0.3 is 0 Å². The van der Waals surface area contributed by atoms with E-state index in [1.54, 1.807) is 42.5 Å². The smallest absolute Gasteiger partial charge is 0.274 e. The molecule has 0 saturated carbocycles. The van der Waals surface area contributed by atoms with Crippen molar-refractivity contribution in [2.75, 3.05) is 32.5 Å². The molecule has 0 saturated heterocycles. The topological polar surface area (TPSA) is 83.6 Å². The molecule has 0 atom stereocenters. The number of likely N-dealkylation sites (N-methyl/N-ethyl adjacent to an activating group) is 1. The molecule has 0 aliphatic rings. The fraction of sp³-hybridized carbons (Fsp3) is 0.350. The Morgan fingerprint density at radius 3 is 2.26 bits per heavy atom. The van der Waals surface area contributed by atoms with E-state index >= 15 is 0 Å². The van der Waals surface area contributed by atoms with Gasteiger partial charge in [0.25, 0.3) is 11.8 Å². The van der Waals surface area contributed by atoms with Crippen LogP contribution in [-0.2, 0) is 0 Å². The molecule has 1 aromatic heterocycles. The zero-order valence-corrected chi connectivity index (χ0v) is 16.2. The lowest BCUT2D eigenvalue weighted by Crippen LogP contribution is -2.32. The van der Waals surface area contributed by atoms with E-state index < -0.39 is 0 Å². The third kappa shape index (κ3) is 6.71. The van der Waals surface area contributed by atoms with Crippen LogP contribution in [0.15, 0.2) is 42.5 Å². The number of benzene rings is 1. The summed E-state index contributed by atoms with van der Waals surface area (Å²) in [6.45, 7) is 5.13. The molecule has 0 radical (unpaired) electrons. The van der Waals surface area contributed by atoms with Crippen LogP contribution in [-0.4, -0.2) is 55.0 Å². The Morgan fingerprint density at radius 2 is 1.67 bits per heavy atom. The van der Waals surface area contributed by atoms with Crippen LogP contribution in [0.5, 0.6) is 5.75 Å². The second-order valence-electron chi connectivity index (χ2n) is 6.61. The number of carbonyl (C=O) groups excluding carboxylic acids is 2. The van der Waals surface area contributed by atoms with Crippen LogP contribution >= 0.6 is 0 Å². The summed E-state index contributed by atoms with van der Waals surface area (Å²) in [6, 6.07) is 11.9. The highest BCUT2D eigenvalue weighted by Gasteiger charge is 2.12. The maximum atomic E-state index is 12.4. The van der Waals surface area contributed by atoms with Gasteiger partial charge in [-0.05, 0) is 64.3 Å². The van der Waals surface area contributed by atoms with E-state index in [1.165, 1.54) is 0 Å². The summed E-state index contributed by atoms with van der Waals surface area (Å²) >= 11 is 0. The van der Waals surface area contributed by atoms with Gasteiger partial charge in [-0.3, -0.25) is 9.59 Å². The van der Waals surface area contributed by atoms with Crippen molar-refractivity contribution in [1.82, 2.24) is 15.2 Å². The number of pyridine rings is 1. The summed E-state index contributed by atoms with van der Waals surface area (Å²) in [6.07, 6.45) is 0.0845. The van der Waals surface area contributed by atoms with E-state index in [0.29, 0.717) is 12.2 Å². The fourth-order valence-corrected chi connectivity index (χ4v) is 2.26. The summed E-state index contributed by atoms with van der Waals surface area (Å²) in [5.74, 6) is 0.0506. The third-order valence-electron chi connectivity index (χ3n) is 3.54. The molecule has 2 N–H and O–H groups in total. The van der Waals surface area contributed by atoms with Gasteiger partial charge in [0.2, 0.25) is 0 Å². The minimum atomic E-state index is -0.379. The van der Waals surface area contributed by atoms with E-state index in [1.807, 2.05) is 32.8 Å². The predicted octanol–water partition coefficient (Wildman–Crippen LogP) is 2.41. The molecule has 2 rings (SSSR count). The number of nitrogens with zero attached hydrogens (tertiary/aromatic N) is 2. The lowest BCUT2D eigenvalue weighted by atomic mass is 10.2. The zero-order valence-electron chi connectivity index (χ0n) is 16.2. The third-order valence-corrected chi connectivity index (χ3v) is 3.54. The minimum absolute atomic E-state index is 0.0845. The SMILES string of the molecule is CC(C)Oc1ccc(NC(=O)c2cccc(C(=O)NCCN(C)C)n2)cc1. The Morgan fingerprint density at radius 1 is 1.04 bits per heavy atom. The predicted molar refractivity (Wildman–Crippen MR) is 105 cm³/mol. The zero-order chi connectivity index (χ0) is 19.8. The van der Waals surface area contributed by atoms with Crippen molar-refractivity contribution in [3.05, 3.63) is 53.9 Å². The number of hydrogen-bond donors (Lipinski definition) is 2. The standard InChI is InChI=1S/C20H26N4O3/c1-14(2)27-16-10-8-15(9-11-16)22-20(26)18-7-5-6-17(23-18)19(25)21-12-13-24(3)4/h5-11,14H,12-13H2,1-4H3,(H,21,25)(H,22,26). The van der Waals surface area contributed by atoms with E-state index in [0.717, 1.165) is 12.3 Å². The van der Waals surface area contributed by atoms with Gasteiger partial charge in [0, 0.05) is 18.8 Å². The maximum absolute atomic E-state index is 12.4.